The first-order chi connectivity index (χ1) is 34.5. The molecule has 392 valence electrons. The van der Waals surface area contributed by atoms with Crippen molar-refractivity contribution >= 4 is 52.6 Å². The minimum atomic E-state index is -0.989. The van der Waals surface area contributed by atoms with E-state index in [1.807, 2.05) is 58.0 Å². The van der Waals surface area contributed by atoms with E-state index < -0.39 is 84.4 Å². The summed E-state index contributed by atoms with van der Waals surface area (Å²) >= 11 is 1.28. The molecular formula is C52H71N7O12S. The van der Waals surface area contributed by atoms with Gasteiger partial charge in [-0.3, -0.25) is 38.9 Å². The normalized spacial score (nSPS) is 15.3. The fraction of sp³-hybridized carbons (Fsp3) is 0.519. The molecule has 1 saturated heterocycles. The van der Waals surface area contributed by atoms with Crippen LogP contribution in [0.3, 0.4) is 0 Å². The van der Waals surface area contributed by atoms with Gasteiger partial charge in [0.05, 0.1) is 47.2 Å². The summed E-state index contributed by atoms with van der Waals surface area (Å²) in [6, 6.07) is 9.63. The lowest BCUT2D eigenvalue weighted by Gasteiger charge is -2.38. The summed E-state index contributed by atoms with van der Waals surface area (Å²) in [6.45, 7) is 15.7. The second-order valence-corrected chi connectivity index (χ2v) is 19.1. The number of piperidine rings is 1. The number of rotatable bonds is 30. The van der Waals surface area contributed by atoms with E-state index in [2.05, 4.69) is 39.4 Å². The molecule has 0 bridgehead atoms. The quantitative estimate of drug-likeness (QED) is 0.0258. The van der Waals surface area contributed by atoms with Gasteiger partial charge in [-0.1, -0.05) is 103 Å². The Morgan fingerprint density at radius 1 is 1.00 bits per heavy atom. The van der Waals surface area contributed by atoms with E-state index in [9.17, 15) is 38.9 Å². The van der Waals surface area contributed by atoms with Crippen molar-refractivity contribution in [2.75, 3.05) is 40.0 Å². The van der Waals surface area contributed by atoms with Crippen LogP contribution in [0, 0.1) is 27.9 Å². The molecule has 2 aromatic carbocycles. The van der Waals surface area contributed by atoms with Crippen LogP contribution in [0.15, 0.2) is 73.2 Å². The molecule has 2 heterocycles. The lowest BCUT2D eigenvalue weighted by Crippen LogP contribution is -2.59. The second kappa shape index (κ2) is 29.6. The molecule has 4 amide bonds. The van der Waals surface area contributed by atoms with Gasteiger partial charge in [0, 0.05) is 23.9 Å². The van der Waals surface area contributed by atoms with Crippen LogP contribution in [0.1, 0.15) is 99.8 Å². The highest BCUT2D eigenvalue weighted by molar-refractivity contribution is 7.09. The van der Waals surface area contributed by atoms with Gasteiger partial charge in [0.1, 0.15) is 38.1 Å². The number of aromatic nitrogens is 1. The molecule has 19 nitrogen and oxygen atoms in total. The third-order valence-corrected chi connectivity index (χ3v) is 13.3. The Morgan fingerprint density at radius 3 is 2.38 bits per heavy atom. The number of hydrogen-bond donors (Lipinski definition) is 4. The van der Waals surface area contributed by atoms with Crippen molar-refractivity contribution in [3.63, 3.8) is 0 Å². The van der Waals surface area contributed by atoms with Gasteiger partial charge in [-0.15, -0.1) is 11.3 Å². The number of nitrogens with zero attached hydrogens (tertiary/aromatic N) is 3. The number of methoxy groups -OCH3 is 1. The first kappa shape index (κ1) is 57.9. The third kappa shape index (κ3) is 17.9. The third-order valence-electron chi connectivity index (χ3n) is 12.4. The number of carbonyl (C=O) groups is 6. The van der Waals surface area contributed by atoms with Gasteiger partial charge in [-0.05, 0) is 62.1 Å². The molecule has 20 heteroatoms. The molecule has 0 aliphatic carbocycles. The maximum Gasteiger partial charge on any atom is 0.325 e. The molecule has 4 N–H and O–H groups in total. The highest BCUT2D eigenvalue weighted by Crippen LogP contribution is 2.35. The average molecular weight is 1020 g/mol. The van der Waals surface area contributed by atoms with Gasteiger partial charge in [-0.2, -0.15) is 0 Å². The van der Waals surface area contributed by atoms with E-state index in [0.717, 1.165) is 24.5 Å². The van der Waals surface area contributed by atoms with Crippen LogP contribution in [-0.4, -0.2) is 114 Å². The number of nitro benzene ring substituents is 1. The van der Waals surface area contributed by atoms with Crippen molar-refractivity contribution in [1.82, 2.24) is 31.2 Å². The molecular weight excluding hydrogens is 947 g/mol. The molecule has 1 aliphatic heterocycles. The number of nitro groups is 1. The van der Waals surface area contributed by atoms with Gasteiger partial charge in [-0.25, -0.2) is 4.98 Å². The summed E-state index contributed by atoms with van der Waals surface area (Å²) in [7, 11) is 1.36. The largest absolute Gasteiger partial charge is 0.493 e. The number of benzene rings is 2. The number of ether oxygens (including phenoxy) is 4. The van der Waals surface area contributed by atoms with Crippen LogP contribution >= 0.6 is 11.3 Å². The predicted octanol–water partition coefficient (Wildman–Crippen LogP) is 6.04. The van der Waals surface area contributed by atoms with Crippen molar-refractivity contribution in [2.45, 2.75) is 117 Å². The summed E-state index contributed by atoms with van der Waals surface area (Å²) in [4.78, 5) is 99.2. The molecule has 72 heavy (non-hydrogen) atoms. The monoisotopic (exact) mass is 1020 g/mol. The SMILES string of the molecule is C=CCOC(=O)[C@@H](C)C[C@H](Cc1ccccc1)NC(=O)c1csc(CC[C@H](C(C)C)N(CC(=O)NCC(=O)OCc2cc(OC)c(OCC=C)cc2[N+](=O)[O-])C(=O)[C@@H](NC(=O)[C@@H]2CCCCN2)[C@@H](C)CC)n1. The lowest BCUT2D eigenvalue weighted by molar-refractivity contribution is -0.385. The van der Waals surface area contributed by atoms with E-state index in [1.54, 1.807) is 12.3 Å². The fourth-order valence-electron chi connectivity index (χ4n) is 8.25. The highest BCUT2D eigenvalue weighted by atomic mass is 32.1. The van der Waals surface area contributed by atoms with Crippen molar-refractivity contribution in [2.24, 2.45) is 17.8 Å². The number of amides is 4. The zero-order valence-electron chi connectivity index (χ0n) is 42.3. The van der Waals surface area contributed by atoms with Gasteiger partial charge in [0.15, 0.2) is 11.5 Å². The van der Waals surface area contributed by atoms with E-state index in [1.165, 1.54) is 41.6 Å². The first-order valence-corrected chi connectivity index (χ1v) is 25.3. The molecule has 3 aromatic rings. The minimum absolute atomic E-state index is 0.0224. The minimum Gasteiger partial charge on any atom is -0.493 e. The van der Waals surface area contributed by atoms with Crippen molar-refractivity contribution in [1.29, 1.82) is 0 Å². The number of carbonyl (C=O) groups excluding carboxylic acids is 6. The summed E-state index contributed by atoms with van der Waals surface area (Å²) < 4.78 is 21.4. The van der Waals surface area contributed by atoms with Crippen molar-refractivity contribution in [3.8, 4) is 11.5 Å². The van der Waals surface area contributed by atoms with Crippen LogP contribution in [0.4, 0.5) is 5.69 Å². The molecule has 1 aliphatic rings. The Bertz CT molecular complexity index is 2320. The van der Waals surface area contributed by atoms with Crippen LogP contribution in [0.2, 0.25) is 0 Å². The van der Waals surface area contributed by atoms with E-state index in [-0.39, 0.29) is 59.4 Å². The number of nitrogens with one attached hydrogen (secondary N) is 4. The Morgan fingerprint density at radius 2 is 1.74 bits per heavy atom. The Labute approximate surface area is 426 Å². The summed E-state index contributed by atoms with van der Waals surface area (Å²) in [5.41, 5.74) is 0.811. The molecule has 6 atom stereocenters. The van der Waals surface area contributed by atoms with Gasteiger partial charge >= 0.3 is 11.9 Å². The molecule has 4 rings (SSSR count). The maximum absolute atomic E-state index is 14.9. The standard InChI is InChI=1S/C52H71N7O12S/c1-9-23-69-44-28-42(59(66)67)37(27-43(44)68-8)31-71-47(61)29-54-45(60)30-58(51(64)48(34(6)11-3)57-49(62)39-19-15-16-22-53-39)41(33(4)5)20-21-46-56-40(32-72-46)50(63)55-38(26-36-17-13-12-14-18-36)25-35(7)52(65)70-24-10-2/h9-10,12-14,17-18,27-28,32-35,38-39,41,48,53H,1-2,11,15-16,19-26,29-31H2,3-8H3,(H,54,60)(H,55,63)(H,57,62)/t34-,35-,38+,39-,41+,48-/m0/s1. The van der Waals surface area contributed by atoms with Gasteiger partial charge in [0.2, 0.25) is 17.7 Å². The summed E-state index contributed by atoms with van der Waals surface area (Å²) in [6.07, 6.45) is 7.34. The number of aryl methyl sites for hydroxylation is 1. The van der Waals surface area contributed by atoms with Gasteiger partial charge in [0.25, 0.3) is 11.6 Å². The van der Waals surface area contributed by atoms with E-state index in [0.29, 0.717) is 50.1 Å². The molecule has 0 radical (unpaired) electrons. The van der Waals surface area contributed by atoms with E-state index in [4.69, 9.17) is 18.9 Å². The number of hydrogen-bond acceptors (Lipinski definition) is 15. The van der Waals surface area contributed by atoms with Crippen LogP contribution in [-0.2, 0) is 52.9 Å². The van der Waals surface area contributed by atoms with Crippen molar-refractivity contribution < 1.29 is 52.6 Å². The zero-order chi connectivity index (χ0) is 52.7. The summed E-state index contributed by atoms with van der Waals surface area (Å²) in [5, 5.41) is 26.0. The van der Waals surface area contributed by atoms with Crippen LogP contribution in [0.5, 0.6) is 11.5 Å². The Balaban J connectivity index is 1.53. The predicted molar refractivity (Wildman–Crippen MR) is 272 cm³/mol. The van der Waals surface area contributed by atoms with E-state index >= 15 is 0 Å². The zero-order valence-corrected chi connectivity index (χ0v) is 43.1. The first-order valence-electron chi connectivity index (χ1n) is 24.4. The van der Waals surface area contributed by atoms with Crippen molar-refractivity contribution in [3.05, 3.63) is 105 Å². The molecule has 1 aromatic heterocycles. The number of esters is 2. The maximum atomic E-state index is 14.9. The van der Waals surface area contributed by atoms with Gasteiger partial charge < -0.3 is 45.1 Å². The Kier molecular flexibility index (Phi) is 23.8. The average Bonchev–Trinajstić information content (AvgIpc) is 3.86. The van der Waals surface area contributed by atoms with Crippen LogP contribution < -0.4 is 30.7 Å². The van der Waals surface area contributed by atoms with Crippen LogP contribution in [0.25, 0.3) is 0 Å². The second-order valence-electron chi connectivity index (χ2n) is 18.2. The fourth-order valence-corrected chi connectivity index (χ4v) is 9.04. The molecule has 0 saturated carbocycles. The lowest BCUT2D eigenvalue weighted by atomic mass is 9.92. The molecule has 0 spiro atoms. The molecule has 1 fully saturated rings. The summed E-state index contributed by atoms with van der Waals surface area (Å²) in [5.74, 6) is -3.96. The molecule has 0 unspecified atom stereocenters. The smallest absolute Gasteiger partial charge is 0.325 e. The number of thiazole rings is 1. The Hall–Kier alpha value is -6.67. The topological polar surface area (TPSA) is 247 Å². The highest BCUT2D eigenvalue weighted by Gasteiger charge is 2.37.